The third kappa shape index (κ3) is 1.65. The van der Waals surface area contributed by atoms with Crippen molar-refractivity contribution in [1.29, 1.82) is 0 Å². The second-order valence-corrected chi connectivity index (χ2v) is 4.96. The van der Waals surface area contributed by atoms with E-state index in [2.05, 4.69) is 4.98 Å². The predicted octanol–water partition coefficient (Wildman–Crippen LogP) is 0.848. The summed E-state index contributed by atoms with van der Waals surface area (Å²) in [6.45, 7) is 3.31. The van der Waals surface area contributed by atoms with Crippen molar-refractivity contribution in [2.75, 3.05) is 6.26 Å². The molecule has 1 aromatic rings. The summed E-state index contributed by atoms with van der Waals surface area (Å²) in [7, 11) is -3.32. The second-order valence-electron chi connectivity index (χ2n) is 3.01. The van der Waals surface area contributed by atoms with Gasteiger partial charge >= 0.3 is 0 Å². The molecule has 0 spiro atoms. The Bertz CT molecular complexity index is 442. The molecule has 0 aliphatic carbocycles. The molecule has 0 radical (unpaired) electrons. The van der Waals surface area contributed by atoms with Gasteiger partial charge in [0.15, 0.2) is 16.1 Å². The van der Waals surface area contributed by atoms with Crippen LogP contribution in [0.25, 0.3) is 0 Å². The van der Waals surface area contributed by atoms with E-state index < -0.39 is 9.84 Å². The molecular formula is C8H11NO3S. The molecule has 1 aromatic heterocycles. The van der Waals surface area contributed by atoms with Gasteiger partial charge in [-0.2, -0.15) is 0 Å². The number of carbonyl (C=O) groups excluding carboxylic acids is 1. The molecule has 0 aliphatic heterocycles. The Morgan fingerprint density at radius 3 is 2.08 bits per heavy atom. The largest absolute Gasteiger partial charge is 0.361 e. The van der Waals surface area contributed by atoms with Crippen LogP contribution in [0.2, 0.25) is 0 Å². The third-order valence-electron chi connectivity index (χ3n) is 1.85. The van der Waals surface area contributed by atoms with Crippen LogP contribution in [0.1, 0.15) is 21.7 Å². The number of aryl methyl sites for hydroxylation is 2. The number of sulfone groups is 1. The number of carbonyl (C=O) groups is 1. The smallest absolute Gasteiger partial charge is 0.178 e. The molecule has 0 aromatic carbocycles. The van der Waals surface area contributed by atoms with Crippen molar-refractivity contribution < 1.29 is 13.2 Å². The van der Waals surface area contributed by atoms with Crippen molar-refractivity contribution in [2.24, 2.45) is 0 Å². The molecule has 0 atom stereocenters. The van der Waals surface area contributed by atoms with Gasteiger partial charge in [-0.15, -0.1) is 0 Å². The van der Waals surface area contributed by atoms with E-state index in [9.17, 15) is 13.2 Å². The fourth-order valence-corrected chi connectivity index (χ4v) is 2.61. The molecule has 5 heteroatoms. The minimum absolute atomic E-state index is 0.111. The lowest BCUT2D eigenvalue weighted by atomic mass is 10.3. The Morgan fingerprint density at radius 1 is 1.23 bits per heavy atom. The first-order chi connectivity index (χ1) is 5.88. The molecule has 0 fully saturated rings. The SMILES string of the molecule is Cc1[nH]c(C)c(S(C)(=O)=O)c1C=O. The van der Waals surface area contributed by atoms with Gasteiger partial charge in [-0.3, -0.25) is 4.79 Å². The van der Waals surface area contributed by atoms with Crippen molar-refractivity contribution in [3.63, 3.8) is 0 Å². The van der Waals surface area contributed by atoms with E-state index in [0.717, 1.165) is 6.26 Å². The molecule has 1 N–H and O–H groups in total. The van der Waals surface area contributed by atoms with E-state index in [1.54, 1.807) is 13.8 Å². The molecule has 1 rings (SSSR count). The zero-order valence-electron chi connectivity index (χ0n) is 7.71. The maximum absolute atomic E-state index is 11.3. The monoisotopic (exact) mass is 201 g/mol. The van der Waals surface area contributed by atoms with Gasteiger partial charge in [-0.05, 0) is 13.8 Å². The summed E-state index contributed by atoms with van der Waals surface area (Å²) in [6, 6.07) is 0. The molecule has 13 heavy (non-hydrogen) atoms. The highest BCUT2D eigenvalue weighted by atomic mass is 32.2. The summed E-state index contributed by atoms with van der Waals surface area (Å²) in [6.07, 6.45) is 1.66. The first kappa shape index (κ1) is 9.98. The molecular weight excluding hydrogens is 190 g/mol. The van der Waals surface area contributed by atoms with E-state index >= 15 is 0 Å². The Morgan fingerprint density at radius 2 is 1.77 bits per heavy atom. The minimum Gasteiger partial charge on any atom is -0.361 e. The summed E-state index contributed by atoms with van der Waals surface area (Å²) in [4.78, 5) is 13.6. The van der Waals surface area contributed by atoms with Crippen LogP contribution in [0.4, 0.5) is 0 Å². The summed E-state index contributed by atoms with van der Waals surface area (Å²) < 4.78 is 22.5. The predicted molar refractivity (Wildman–Crippen MR) is 48.8 cm³/mol. The molecule has 72 valence electrons. The number of aromatic amines is 1. The highest BCUT2D eigenvalue weighted by Gasteiger charge is 2.20. The standard InChI is InChI=1S/C8H11NO3S/c1-5-7(4-10)8(6(2)9-5)13(3,11)12/h4,9H,1-3H3. The van der Waals surface area contributed by atoms with Crippen LogP contribution < -0.4 is 0 Å². The van der Waals surface area contributed by atoms with E-state index in [1.807, 2.05) is 0 Å². The molecule has 0 saturated carbocycles. The molecule has 1 heterocycles. The van der Waals surface area contributed by atoms with E-state index in [0.29, 0.717) is 17.7 Å². The zero-order chi connectivity index (χ0) is 10.2. The number of rotatable bonds is 2. The van der Waals surface area contributed by atoms with Crippen molar-refractivity contribution in [1.82, 2.24) is 4.98 Å². The van der Waals surface area contributed by atoms with Gasteiger partial charge in [0.05, 0.1) is 10.5 Å². The van der Waals surface area contributed by atoms with Crippen LogP contribution in [-0.2, 0) is 9.84 Å². The molecule has 0 unspecified atom stereocenters. The van der Waals surface area contributed by atoms with Gasteiger partial charge in [-0.1, -0.05) is 0 Å². The van der Waals surface area contributed by atoms with Gasteiger partial charge in [0.25, 0.3) is 0 Å². The topological polar surface area (TPSA) is 67.0 Å². The Balaban J connectivity index is 3.61. The average molecular weight is 201 g/mol. The fraction of sp³-hybridized carbons (Fsp3) is 0.375. The normalized spacial score (nSPS) is 11.6. The molecule has 0 amide bonds. The summed E-state index contributed by atoms with van der Waals surface area (Å²) in [5.41, 5.74) is 1.34. The van der Waals surface area contributed by atoms with E-state index in [4.69, 9.17) is 0 Å². The van der Waals surface area contributed by atoms with E-state index in [-0.39, 0.29) is 10.5 Å². The number of hydrogen-bond acceptors (Lipinski definition) is 3. The van der Waals surface area contributed by atoms with Crippen LogP contribution in [0, 0.1) is 13.8 Å². The number of aromatic nitrogens is 1. The molecule has 0 aliphatic rings. The molecule has 4 nitrogen and oxygen atoms in total. The van der Waals surface area contributed by atoms with Crippen molar-refractivity contribution in [2.45, 2.75) is 18.7 Å². The Hall–Kier alpha value is -1.10. The summed E-state index contributed by atoms with van der Waals surface area (Å²) in [5.74, 6) is 0. The Kier molecular flexibility index (Phi) is 2.30. The second kappa shape index (κ2) is 2.99. The zero-order valence-corrected chi connectivity index (χ0v) is 8.53. The van der Waals surface area contributed by atoms with Crippen molar-refractivity contribution >= 4 is 16.1 Å². The lowest BCUT2D eigenvalue weighted by Gasteiger charge is -1.96. The van der Waals surface area contributed by atoms with Gasteiger partial charge in [0, 0.05) is 17.6 Å². The summed E-state index contributed by atoms with van der Waals surface area (Å²) >= 11 is 0. The van der Waals surface area contributed by atoms with Crippen LogP contribution >= 0.6 is 0 Å². The van der Waals surface area contributed by atoms with Gasteiger partial charge in [0.1, 0.15) is 0 Å². The Labute approximate surface area is 76.9 Å². The fourth-order valence-electron chi connectivity index (χ4n) is 1.40. The maximum Gasteiger partial charge on any atom is 0.178 e. The van der Waals surface area contributed by atoms with Crippen molar-refractivity contribution in [3.8, 4) is 0 Å². The highest BCUT2D eigenvalue weighted by molar-refractivity contribution is 7.90. The lowest BCUT2D eigenvalue weighted by Crippen LogP contribution is -2.01. The summed E-state index contributed by atoms with van der Waals surface area (Å²) in [5, 5.41) is 0. The third-order valence-corrected chi connectivity index (χ3v) is 3.12. The van der Waals surface area contributed by atoms with Crippen molar-refractivity contribution in [3.05, 3.63) is 17.0 Å². The van der Waals surface area contributed by atoms with Crippen LogP contribution in [0.3, 0.4) is 0 Å². The number of aldehydes is 1. The van der Waals surface area contributed by atoms with E-state index in [1.165, 1.54) is 0 Å². The average Bonchev–Trinajstić information content (AvgIpc) is 2.23. The molecule has 0 bridgehead atoms. The van der Waals surface area contributed by atoms with Crippen LogP contribution in [0.5, 0.6) is 0 Å². The van der Waals surface area contributed by atoms with Gasteiger partial charge in [0.2, 0.25) is 0 Å². The quantitative estimate of drug-likeness (QED) is 0.721. The van der Waals surface area contributed by atoms with Crippen LogP contribution in [-0.4, -0.2) is 25.9 Å². The first-order valence-corrected chi connectivity index (χ1v) is 5.61. The van der Waals surface area contributed by atoms with Gasteiger partial charge < -0.3 is 4.98 Å². The number of nitrogens with one attached hydrogen (secondary N) is 1. The molecule has 0 saturated heterocycles. The number of hydrogen-bond donors (Lipinski definition) is 1. The highest BCUT2D eigenvalue weighted by Crippen LogP contribution is 2.21. The van der Waals surface area contributed by atoms with Gasteiger partial charge in [-0.25, -0.2) is 8.42 Å². The lowest BCUT2D eigenvalue weighted by molar-refractivity contribution is 0.112. The maximum atomic E-state index is 11.3. The minimum atomic E-state index is -3.32. The first-order valence-electron chi connectivity index (χ1n) is 3.72. The van der Waals surface area contributed by atoms with Crippen LogP contribution in [0.15, 0.2) is 4.90 Å². The number of H-pyrrole nitrogens is 1.